The van der Waals surface area contributed by atoms with Gasteiger partial charge in [-0.1, -0.05) is 0 Å². The van der Waals surface area contributed by atoms with Gasteiger partial charge in [0.1, 0.15) is 36.6 Å². The Bertz CT molecular complexity index is 831. The molecule has 0 heterocycles. The van der Waals surface area contributed by atoms with Gasteiger partial charge in [-0.25, -0.2) is 27.4 Å². The molecule has 31 heteroatoms. The SMILES string of the molecule is O=P(O)(O)OC1C(OP(=O)(O)O)C(OP(=O)(O)O)C(OP(=O)(O)O)C(OP(=O)(O)O)C1OP(=O)(O)O.[H-].[Na+]. The van der Waals surface area contributed by atoms with Gasteiger partial charge >= 0.3 is 76.5 Å². The third kappa shape index (κ3) is 15.5. The predicted molar refractivity (Wildman–Crippen MR) is 103 cm³/mol. The summed E-state index contributed by atoms with van der Waals surface area (Å²) >= 11 is 0. The molecule has 0 aromatic carbocycles. The Balaban J connectivity index is 0. The van der Waals surface area contributed by atoms with Crippen molar-refractivity contribution in [2.24, 2.45) is 0 Å². The van der Waals surface area contributed by atoms with Gasteiger partial charge in [-0.3, -0.25) is 27.1 Å². The summed E-state index contributed by atoms with van der Waals surface area (Å²) in [6.45, 7) is 0. The second kappa shape index (κ2) is 13.3. The summed E-state index contributed by atoms with van der Waals surface area (Å²) < 4.78 is 93.1. The van der Waals surface area contributed by atoms with Crippen molar-refractivity contribution in [1.82, 2.24) is 0 Å². The van der Waals surface area contributed by atoms with Crippen LogP contribution >= 0.6 is 46.9 Å². The van der Waals surface area contributed by atoms with Crippen LogP contribution < -0.4 is 29.6 Å². The number of phosphoric acid groups is 6. The summed E-state index contributed by atoms with van der Waals surface area (Å²) in [6, 6.07) is 0. The molecule has 0 amide bonds. The molecule has 0 bridgehead atoms. The zero-order valence-corrected chi connectivity index (χ0v) is 24.8. The normalized spacial score (nSPS) is 28.5. The molecule has 1 rings (SSSR count). The van der Waals surface area contributed by atoms with Crippen LogP contribution in [0.15, 0.2) is 0 Å². The summed E-state index contributed by atoms with van der Waals surface area (Å²) in [5.74, 6) is 0. The number of hydrogen-bond donors (Lipinski definition) is 12. The number of hydrogen-bond acceptors (Lipinski definition) is 12. The maximum atomic E-state index is 11.4. The van der Waals surface area contributed by atoms with E-state index in [2.05, 4.69) is 27.1 Å². The van der Waals surface area contributed by atoms with E-state index >= 15 is 0 Å². The van der Waals surface area contributed by atoms with Crippen molar-refractivity contribution < 1.29 is 144 Å². The van der Waals surface area contributed by atoms with E-state index in [4.69, 9.17) is 58.7 Å². The smallest absolute Gasteiger partial charge is 1.00 e. The molecule has 12 N–H and O–H groups in total. The Kier molecular flexibility index (Phi) is 13.9. The molecule has 1 aliphatic carbocycles. The molecule has 0 aromatic heterocycles. The van der Waals surface area contributed by atoms with Crippen LogP contribution in [0.3, 0.4) is 0 Å². The van der Waals surface area contributed by atoms with Crippen LogP contribution in [0.4, 0.5) is 0 Å². The summed E-state index contributed by atoms with van der Waals surface area (Å²) in [5.41, 5.74) is 0. The number of phosphoric ester groups is 6. The zero-order chi connectivity index (χ0) is 28.7. The van der Waals surface area contributed by atoms with Crippen molar-refractivity contribution in [1.29, 1.82) is 0 Å². The maximum absolute atomic E-state index is 11.4. The quantitative estimate of drug-likeness (QED) is 0.0672. The number of rotatable bonds is 12. The van der Waals surface area contributed by atoms with Gasteiger partial charge in [-0.2, -0.15) is 0 Å². The minimum atomic E-state index is -6.02. The van der Waals surface area contributed by atoms with Gasteiger partial charge in [0, 0.05) is 0 Å². The third-order valence-electron chi connectivity index (χ3n) is 3.50. The summed E-state index contributed by atoms with van der Waals surface area (Å²) in [5, 5.41) is 0. The zero-order valence-electron chi connectivity index (χ0n) is 18.4. The molecule has 1 aliphatic rings. The summed E-state index contributed by atoms with van der Waals surface area (Å²) in [4.78, 5) is 110. The molecule has 0 atom stereocenters. The first kappa shape index (κ1) is 38.7. The standard InChI is InChI=1S/C6H18O24P6.Na.H/c7-31(8,9)25-1-2(26-32(10,11)12)4(28-34(16,17)18)6(30-36(22,23)24)5(29-35(19,20)21)3(1)27-33(13,14)15;;/h1-6H,(H2,7,8,9)(H2,10,11,12)(H2,13,14,15)(H2,16,17,18)(H2,19,20,21)(H2,22,23,24);;/q;+1;-1. The van der Waals surface area contributed by atoms with Crippen molar-refractivity contribution in [2.45, 2.75) is 36.6 Å². The van der Waals surface area contributed by atoms with E-state index in [0.29, 0.717) is 0 Å². The average Bonchev–Trinajstić information content (AvgIpc) is 2.51. The van der Waals surface area contributed by atoms with Gasteiger partial charge in [0.2, 0.25) is 0 Å². The minimum absolute atomic E-state index is 0. The molecular formula is C6H19NaO24P6. The van der Waals surface area contributed by atoms with Crippen molar-refractivity contribution in [3.63, 3.8) is 0 Å². The molecule has 1 fully saturated rings. The molecule has 0 aliphatic heterocycles. The van der Waals surface area contributed by atoms with Crippen molar-refractivity contribution in [3.8, 4) is 0 Å². The molecule has 0 unspecified atom stereocenters. The molecule has 0 spiro atoms. The van der Waals surface area contributed by atoms with Gasteiger partial charge < -0.3 is 60.1 Å². The Hall–Kier alpha value is 1.66. The molecule has 0 radical (unpaired) electrons. The fraction of sp³-hybridized carbons (Fsp3) is 1.00. The first-order chi connectivity index (χ1) is 15.6. The third-order valence-corrected chi connectivity index (χ3v) is 6.61. The van der Waals surface area contributed by atoms with Gasteiger partial charge in [-0.05, 0) is 0 Å². The first-order valence-electron chi connectivity index (χ1n) is 8.01. The van der Waals surface area contributed by atoms with E-state index in [1.807, 2.05) is 0 Å². The molecule has 0 saturated heterocycles. The first-order valence-corrected chi connectivity index (χ1v) is 17.2. The van der Waals surface area contributed by atoms with E-state index in [9.17, 15) is 27.4 Å². The van der Waals surface area contributed by atoms with Crippen LogP contribution in [0.1, 0.15) is 1.43 Å². The second-order valence-corrected chi connectivity index (χ2v) is 13.5. The molecular weight excluding hydrogens is 665 g/mol. The van der Waals surface area contributed by atoms with Crippen molar-refractivity contribution >= 4 is 46.9 Å². The summed E-state index contributed by atoms with van der Waals surface area (Å²) in [6.07, 6.45) is -18.9. The molecule has 0 aromatic rings. The van der Waals surface area contributed by atoms with Crippen LogP contribution in [0.5, 0.6) is 0 Å². The van der Waals surface area contributed by atoms with E-state index in [0.717, 1.165) is 0 Å². The van der Waals surface area contributed by atoms with Crippen LogP contribution in [0, 0.1) is 0 Å². The predicted octanol–water partition coefficient (Wildman–Crippen LogP) is -6.02. The van der Waals surface area contributed by atoms with E-state index in [1.54, 1.807) is 0 Å². The van der Waals surface area contributed by atoms with E-state index in [1.165, 1.54) is 0 Å². The minimum Gasteiger partial charge on any atom is -1.00 e. The molecule has 1 saturated carbocycles. The van der Waals surface area contributed by atoms with Gasteiger partial charge in [0.25, 0.3) is 0 Å². The van der Waals surface area contributed by atoms with Crippen LogP contribution in [-0.4, -0.2) is 95.3 Å². The molecule has 24 nitrogen and oxygen atoms in total. The average molecular weight is 684 g/mol. The fourth-order valence-electron chi connectivity index (χ4n) is 2.79. The van der Waals surface area contributed by atoms with Crippen molar-refractivity contribution in [2.75, 3.05) is 0 Å². The van der Waals surface area contributed by atoms with E-state index in [-0.39, 0.29) is 31.0 Å². The Morgan fingerprint density at radius 1 is 0.324 bits per heavy atom. The van der Waals surface area contributed by atoms with Gasteiger partial charge in [0.15, 0.2) is 0 Å². The van der Waals surface area contributed by atoms with Crippen LogP contribution in [-0.2, 0) is 54.5 Å². The van der Waals surface area contributed by atoms with Gasteiger partial charge in [-0.15, -0.1) is 0 Å². The molecule has 37 heavy (non-hydrogen) atoms. The second-order valence-electron chi connectivity index (χ2n) is 6.36. The largest absolute Gasteiger partial charge is 1.00 e. The Morgan fingerprint density at radius 3 is 0.459 bits per heavy atom. The topological polar surface area (TPSA) is 401 Å². The Labute approximate surface area is 227 Å². The Morgan fingerprint density at radius 2 is 0.405 bits per heavy atom. The van der Waals surface area contributed by atoms with Crippen molar-refractivity contribution in [3.05, 3.63) is 0 Å². The fourth-order valence-corrected chi connectivity index (χ4v) is 6.14. The molecule has 218 valence electrons. The van der Waals surface area contributed by atoms with Crippen LogP contribution in [0.2, 0.25) is 0 Å². The maximum Gasteiger partial charge on any atom is 1.00 e. The summed E-state index contributed by atoms with van der Waals surface area (Å²) in [7, 11) is -36.1. The van der Waals surface area contributed by atoms with Gasteiger partial charge in [0.05, 0.1) is 0 Å². The monoisotopic (exact) mass is 684 g/mol. The van der Waals surface area contributed by atoms with Crippen LogP contribution in [0.25, 0.3) is 0 Å². The van der Waals surface area contributed by atoms with E-state index < -0.39 is 83.6 Å².